The summed E-state index contributed by atoms with van der Waals surface area (Å²) in [7, 11) is 0. The van der Waals surface area contributed by atoms with E-state index in [1.807, 2.05) is 0 Å². The fourth-order valence-electron chi connectivity index (χ4n) is 2.15. The van der Waals surface area contributed by atoms with Crippen LogP contribution in [0.4, 0.5) is 0 Å². The van der Waals surface area contributed by atoms with Crippen molar-refractivity contribution in [2.45, 2.75) is 25.8 Å². The molecule has 0 aromatic heterocycles. The first kappa shape index (κ1) is 14.0. The Labute approximate surface area is 116 Å². The number of carbonyl (C=O) groups excluding carboxylic acids is 3. The quantitative estimate of drug-likeness (QED) is 0.602. The van der Waals surface area contributed by atoms with Crippen molar-refractivity contribution in [2.24, 2.45) is 0 Å². The SMILES string of the molecule is CC(=O)N1CCC[C@H]1C(=O)OOC(=O)c1ccccc1. The van der Waals surface area contributed by atoms with Crippen molar-refractivity contribution in [3.05, 3.63) is 35.9 Å². The Kier molecular flexibility index (Phi) is 4.34. The molecule has 1 saturated heterocycles. The lowest BCUT2D eigenvalue weighted by atomic mass is 10.2. The van der Waals surface area contributed by atoms with Gasteiger partial charge in [0.2, 0.25) is 5.91 Å². The predicted octanol–water partition coefficient (Wildman–Crippen LogP) is 1.31. The molecule has 0 saturated carbocycles. The highest BCUT2D eigenvalue weighted by atomic mass is 17.2. The highest BCUT2D eigenvalue weighted by molar-refractivity contribution is 5.90. The molecule has 0 N–H and O–H groups in total. The Bertz CT molecular complexity index is 514. The summed E-state index contributed by atoms with van der Waals surface area (Å²) in [6, 6.07) is 7.53. The van der Waals surface area contributed by atoms with Crippen LogP contribution < -0.4 is 0 Å². The summed E-state index contributed by atoms with van der Waals surface area (Å²) in [6.45, 7) is 1.91. The monoisotopic (exact) mass is 277 g/mol. The molecule has 0 spiro atoms. The highest BCUT2D eigenvalue weighted by Gasteiger charge is 2.35. The van der Waals surface area contributed by atoms with Gasteiger partial charge in [-0.25, -0.2) is 19.4 Å². The van der Waals surface area contributed by atoms with E-state index in [0.717, 1.165) is 6.42 Å². The van der Waals surface area contributed by atoms with Crippen LogP contribution in [0, 0.1) is 0 Å². The molecular formula is C14H15NO5. The fraction of sp³-hybridized carbons (Fsp3) is 0.357. The van der Waals surface area contributed by atoms with E-state index in [1.54, 1.807) is 30.3 Å². The number of nitrogens with zero attached hydrogens (tertiary/aromatic N) is 1. The zero-order chi connectivity index (χ0) is 14.5. The minimum absolute atomic E-state index is 0.196. The van der Waals surface area contributed by atoms with Crippen LogP contribution in [0.5, 0.6) is 0 Å². The van der Waals surface area contributed by atoms with Gasteiger partial charge in [-0.2, -0.15) is 0 Å². The third-order valence-electron chi connectivity index (χ3n) is 3.14. The molecular weight excluding hydrogens is 262 g/mol. The Morgan fingerprint density at radius 1 is 1.15 bits per heavy atom. The zero-order valence-corrected chi connectivity index (χ0v) is 11.1. The summed E-state index contributed by atoms with van der Waals surface area (Å²) < 4.78 is 0. The summed E-state index contributed by atoms with van der Waals surface area (Å²) in [5, 5.41) is 0. The predicted molar refractivity (Wildman–Crippen MR) is 68.4 cm³/mol. The number of amides is 1. The van der Waals surface area contributed by atoms with E-state index in [-0.39, 0.29) is 11.5 Å². The number of carbonyl (C=O) groups is 3. The van der Waals surface area contributed by atoms with E-state index in [0.29, 0.717) is 13.0 Å². The van der Waals surface area contributed by atoms with Crippen molar-refractivity contribution >= 4 is 17.8 Å². The largest absolute Gasteiger partial charge is 0.386 e. The molecule has 0 radical (unpaired) electrons. The second-order valence-corrected chi connectivity index (χ2v) is 4.51. The molecule has 1 aliphatic rings. The zero-order valence-electron chi connectivity index (χ0n) is 11.1. The molecule has 2 rings (SSSR count). The van der Waals surface area contributed by atoms with Crippen LogP contribution in [0.3, 0.4) is 0 Å². The summed E-state index contributed by atoms with van der Waals surface area (Å²) in [4.78, 5) is 45.2. The molecule has 6 nitrogen and oxygen atoms in total. The maximum atomic E-state index is 11.8. The van der Waals surface area contributed by atoms with Crippen LogP contribution in [0.2, 0.25) is 0 Å². The highest BCUT2D eigenvalue weighted by Crippen LogP contribution is 2.18. The smallest absolute Gasteiger partial charge is 0.329 e. The van der Waals surface area contributed by atoms with Gasteiger partial charge in [0.15, 0.2) is 0 Å². The van der Waals surface area contributed by atoms with Crippen molar-refractivity contribution in [3.63, 3.8) is 0 Å². The molecule has 106 valence electrons. The number of hydrogen-bond acceptors (Lipinski definition) is 5. The van der Waals surface area contributed by atoms with Crippen LogP contribution in [0.15, 0.2) is 30.3 Å². The Morgan fingerprint density at radius 2 is 1.85 bits per heavy atom. The van der Waals surface area contributed by atoms with E-state index < -0.39 is 18.0 Å². The lowest BCUT2D eigenvalue weighted by Gasteiger charge is -2.20. The molecule has 1 aromatic carbocycles. The normalized spacial score (nSPS) is 17.6. The van der Waals surface area contributed by atoms with Gasteiger partial charge in [0, 0.05) is 13.5 Å². The van der Waals surface area contributed by atoms with Gasteiger partial charge in [-0.3, -0.25) is 4.79 Å². The van der Waals surface area contributed by atoms with Gasteiger partial charge in [-0.1, -0.05) is 18.2 Å². The maximum Gasteiger partial charge on any atom is 0.386 e. The number of benzene rings is 1. The molecule has 0 bridgehead atoms. The van der Waals surface area contributed by atoms with E-state index in [1.165, 1.54) is 11.8 Å². The van der Waals surface area contributed by atoms with E-state index >= 15 is 0 Å². The Balaban J connectivity index is 1.89. The van der Waals surface area contributed by atoms with Gasteiger partial charge in [-0.15, -0.1) is 0 Å². The van der Waals surface area contributed by atoms with Gasteiger partial charge >= 0.3 is 11.9 Å². The van der Waals surface area contributed by atoms with Crippen molar-refractivity contribution in [3.8, 4) is 0 Å². The van der Waals surface area contributed by atoms with Crippen LogP contribution in [0.1, 0.15) is 30.1 Å². The second kappa shape index (κ2) is 6.18. The average molecular weight is 277 g/mol. The number of hydrogen-bond donors (Lipinski definition) is 0. The first-order chi connectivity index (χ1) is 9.59. The molecule has 20 heavy (non-hydrogen) atoms. The molecule has 0 unspecified atom stereocenters. The van der Waals surface area contributed by atoms with Gasteiger partial charge in [0.25, 0.3) is 0 Å². The Hall–Kier alpha value is -2.37. The molecule has 1 aliphatic heterocycles. The van der Waals surface area contributed by atoms with Crippen LogP contribution in [-0.2, 0) is 19.4 Å². The minimum atomic E-state index is -0.744. The summed E-state index contributed by atoms with van der Waals surface area (Å²) in [5.74, 6) is -1.66. The summed E-state index contributed by atoms with van der Waals surface area (Å²) in [5.41, 5.74) is 0.287. The molecule has 1 aromatic rings. The van der Waals surface area contributed by atoms with Gasteiger partial charge < -0.3 is 4.90 Å². The van der Waals surface area contributed by atoms with E-state index in [9.17, 15) is 14.4 Å². The lowest BCUT2D eigenvalue weighted by molar-refractivity contribution is -0.238. The number of likely N-dealkylation sites (tertiary alicyclic amines) is 1. The molecule has 1 atom stereocenters. The summed E-state index contributed by atoms with van der Waals surface area (Å²) >= 11 is 0. The fourth-order valence-corrected chi connectivity index (χ4v) is 2.15. The van der Waals surface area contributed by atoms with Gasteiger partial charge in [0.1, 0.15) is 6.04 Å². The standard InChI is InChI=1S/C14H15NO5/c1-10(16)15-9-5-8-12(15)14(18)20-19-13(17)11-6-3-2-4-7-11/h2-4,6-7,12H,5,8-9H2,1H3/t12-/m0/s1. The van der Waals surface area contributed by atoms with Crippen molar-refractivity contribution < 1.29 is 24.2 Å². The summed E-state index contributed by atoms with van der Waals surface area (Å²) in [6.07, 6.45) is 1.24. The van der Waals surface area contributed by atoms with E-state index in [2.05, 4.69) is 9.78 Å². The first-order valence-electron chi connectivity index (χ1n) is 6.34. The van der Waals surface area contributed by atoms with Crippen molar-refractivity contribution in [1.82, 2.24) is 4.90 Å². The maximum absolute atomic E-state index is 11.8. The number of rotatable bonds is 2. The third-order valence-corrected chi connectivity index (χ3v) is 3.14. The molecule has 1 fully saturated rings. The van der Waals surface area contributed by atoms with Gasteiger partial charge in [0.05, 0.1) is 5.56 Å². The van der Waals surface area contributed by atoms with Crippen molar-refractivity contribution in [1.29, 1.82) is 0 Å². The third kappa shape index (κ3) is 3.14. The van der Waals surface area contributed by atoms with Crippen LogP contribution in [-0.4, -0.2) is 35.3 Å². The molecule has 1 amide bonds. The van der Waals surface area contributed by atoms with E-state index in [4.69, 9.17) is 0 Å². The Morgan fingerprint density at radius 3 is 2.50 bits per heavy atom. The first-order valence-corrected chi connectivity index (χ1v) is 6.34. The second-order valence-electron chi connectivity index (χ2n) is 4.51. The topological polar surface area (TPSA) is 72.9 Å². The van der Waals surface area contributed by atoms with Crippen LogP contribution >= 0.6 is 0 Å². The van der Waals surface area contributed by atoms with Gasteiger partial charge in [-0.05, 0) is 25.0 Å². The minimum Gasteiger partial charge on any atom is -0.329 e. The van der Waals surface area contributed by atoms with Crippen LogP contribution in [0.25, 0.3) is 0 Å². The molecule has 1 heterocycles. The average Bonchev–Trinajstić information content (AvgIpc) is 2.95. The van der Waals surface area contributed by atoms with Crippen molar-refractivity contribution in [2.75, 3.05) is 6.54 Å². The molecule has 6 heteroatoms. The lowest BCUT2D eigenvalue weighted by Crippen LogP contribution is -2.40. The molecule has 0 aliphatic carbocycles.